The Morgan fingerprint density at radius 1 is 1.24 bits per heavy atom. The Kier molecular flexibility index (Phi) is 4.71. The number of carbonyl (C=O) groups excluding carboxylic acids is 1. The van der Waals surface area contributed by atoms with Gasteiger partial charge in [0.15, 0.2) is 0 Å². The van der Waals surface area contributed by atoms with Crippen LogP contribution in [0.2, 0.25) is 0 Å². The van der Waals surface area contributed by atoms with Crippen molar-refractivity contribution >= 4 is 11.9 Å². The number of carbonyl (C=O) groups is 2. The molecule has 2 N–H and O–H groups in total. The van der Waals surface area contributed by atoms with Crippen molar-refractivity contribution in [3.8, 4) is 17.3 Å². The molecule has 0 atom stereocenters. The molecule has 6 heteroatoms. The minimum absolute atomic E-state index is 0.0489. The number of esters is 1. The van der Waals surface area contributed by atoms with Crippen LogP contribution in [0.3, 0.4) is 0 Å². The van der Waals surface area contributed by atoms with Gasteiger partial charge in [-0.3, -0.25) is 9.59 Å². The molecular formula is C15H16N2O4. The van der Waals surface area contributed by atoms with E-state index in [1.807, 2.05) is 31.2 Å². The molecule has 2 rings (SSSR count). The molecule has 0 aliphatic rings. The molecule has 0 aliphatic carbocycles. The van der Waals surface area contributed by atoms with Crippen LogP contribution in [0.1, 0.15) is 24.8 Å². The standard InChI is InChI=1S/C15H16N2O4/c1-10-5-7-11(8-6-10)15-16-9-12(17-15)21-14(20)4-2-3-13(18)19/h5-9H,2-4H2,1H3,(H,16,17)(H,18,19). The molecule has 0 spiro atoms. The maximum absolute atomic E-state index is 11.5. The lowest BCUT2D eigenvalue weighted by atomic mass is 10.1. The molecule has 2 aromatic rings. The highest BCUT2D eigenvalue weighted by Gasteiger charge is 2.09. The van der Waals surface area contributed by atoms with Crippen LogP contribution in [-0.4, -0.2) is 27.0 Å². The van der Waals surface area contributed by atoms with Crippen molar-refractivity contribution in [3.63, 3.8) is 0 Å². The van der Waals surface area contributed by atoms with Crippen LogP contribution in [0.15, 0.2) is 30.5 Å². The van der Waals surface area contributed by atoms with E-state index in [2.05, 4.69) is 9.97 Å². The number of aryl methyl sites for hydroxylation is 1. The average molecular weight is 288 g/mol. The first-order valence-corrected chi connectivity index (χ1v) is 6.59. The Balaban J connectivity index is 1.92. The minimum Gasteiger partial charge on any atom is -0.481 e. The van der Waals surface area contributed by atoms with Gasteiger partial charge in [0.1, 0.15) is 5.82 Å². The van der Waals surface area contributed by atoms with Gasteiger partial charge in [0, 0.05) is 18.4 Å². The first-order valence-electron chi connectivity index (χ1n) is 6.59. The van der Waals surface area contributed by atoms with E-state index in [1.54, 1.807) is 0 Å². The number of aromatic nitrogens is 2. The molecule has 110 valence electrons. The van der Waals surface area contributed by atoms with E-state index >= 15 is 0 Å². The predicted molar refractivity (Wildman–Crippen MR) is 75.9 cm³/mol. The van der Waals surface area contributed by atoms with Crippen LogP contribution >= 0.6 is 0 Å². The van der Waals surface area contributed by atoms with Crippen molar-refractivity contribution in [1.29, 1.82) is 0 Å². The highest BCUT2D eigenvalue weighted by Crippen LogP contribution is 2.19. The number of hydrogen-bond donors (Lipinski definition) is 2. The van der Waals surface area contributed by atoms with Gasteiger partial charge in [-0.1, -0.05) is 29.8 Å². The Labute approximate surface area is 121 Å². The van der Waals surface area contributed by atoms with Gasteiger partial charge in [-0.05, 0) is 13.3 Å². The summed E-state index contributed by atoms with van der Waals surface area (Å²) < 4.78 is 5.07. The van der Waals surface area contributed by atoms with Gasteiger partial charge >= 0.3 is 11.9 Å². The number of benzene rings is 1. The van der Waals surface area contributed by atoms with Crippen LogP contribution in [0.5, 0.6) is 5.88 Å². The molecule has 0 unspecified atom stereocenters. The number of imidazole rings is 1. The van der Waals surface area contributed by atoms with Crippen LogP contribution in [0, 0.1) is 6.92 Å². The topological polar surface area (TPSA) is 92.3 Å². The van der Waals surface area contributed by atoms with Crippen molar-refractivity contribution in [1.82, 2.24) is 9.97 Å². The smallest absolute Gasteiger partial charge is 0.312 e. The summed E-state index contributed by atoms with van der Waals surface area (Å²) in [5.41, 5.74) is 2.05. The normalized spacial score (nSPS) is 10.3. The number of carboxylic acid groups (broad SMARTS) is 1. The fourth-order valence-corrected chi connectivity index (χ4v) is 1.77. The number of nitrogens with one attached hydrogen (secondary N) is 1. The van der Waals surface area contributed by atoms with Crippen LogP contribution in [-0.2, 0) is 9.59 Å². The van der Waals surface area contributed by atoms with Crippen molar-refractivity contribution in [3.05, 3.63) is 36.0 Å². The molecule has 0 amide bonds. The van der Waals surface area contributed by atoms with E-state index in [0.29, 0.717) is 5.82 Å². The van der Waals surface area contributed by atoms with Crippen molar-refractivity contribution < 1.29 is 19.4 Å². The fourth-order valence-electron chi connectivity index (χ4n) is 1.77. The number of H-pyrrole nitrogens is 1. The number of ether oxygens (including phenoxy) is 1. The van der Waals surface area contributed by atoms with Crippen LogP contribution in [0.4, 0.5) is 0 Å². The van der Waals surface area contributed by atoms with E-state index in [-0.39, 0.29) is 25.1 Å². The van der Waals surface area contributed by atoms with Gasteiger partial charge in [0.05, 0.1) is 6.20 Å². The third kappa shape index (κ3) is 4.45. The van der Waals surface area contributed by atoms with Crippen LogP contribution in [0.25, 0.3) is 11.4 Å². The molecule has 0 fully saturated rings. The van der Waals surface area contributed by atoms with Crippen molar-refractivity contribution in [2.24, 2.45) is 0 Å². The SMILES string of the molecule is Cc1ccc(-c2ncc(OC(=O)CCCC(=O)O)[nH]2)cc1. The first-order chi connectivity index (χ1) is 10.0. The zero-order chi connectivity index (χ0) is 15.2. The van der Waals surface area contributed by atoms with Gasteiger partial charge in [0.2, 0.25) is 5.88 Å². The van der Waals surface area contributed by atoms with Gasteiger partial charge in [-0.15, -0.1) is 0 Å². The molecular weight excluding hydrogens is 272 g/mol. The van der Waals surface area contributed by atoms with Gasteiger partial charge in [0.25, 0.3) is 0 Å². The number of nitrogens with zero attached hydrogens (tertiary/aromatic N) is 1. The van der Waals surface area contributed by atoms with E-state index < -0.39 is 11.9 Å². The molecule has 1 aromatic heterocycles. The molecule has 1 heterocycles. The number of aliphatic carboxylic acids is 1. The highest BCUT2D eigenvalue weighted by molar-refractivity contribution is 5.73. The Hall–Kier alpha value is -2.63. The Morgan fingerprint density at radius 2 is 1.95 bits per heavy atom. The minimum atomic E-state index is -0.925. The lowest BCUT2D eigenvalue weighted by molar-refractivity contribution is -0.137. The molecule has 0 bridgehead atoms. The highest BCUT2D eigenvalue weighted by atomic mass is 16.5. The third-order valence-corrected chi connectivity index (χ3v) is 2.87. The molecule has 21 heavy (non-hydrogen) atoms. The molecule has 6 nitrogen and oxygen atoms in total. The fraction of sp³-hybridized carbons (Fsp3) is 0.267. The van der Waals surface area contributed by atoms with E-state index in [9.17, 15) is 9.59 Å². The largest absolute Gasteiger partial charge is 0.481 e. The molecule has 0 aliphatic heterocycles. The summed E-state index contributed by atoms with van der Waals surface area (Å²) in [6.07, 6.45) is 1.70. The summed E-state index contributed by atoms with van der Waals surface area (Å²) in [6.45, 7) is 2.00. The van der Waals surface area contributed by atoms with Crippen molar-refractivity contribution in [2.75, 3.05) is 0 Å². The van der Waals surface area contributed by atoms with Gasteiger partial charge in [-0.25, -0.2) is 4.98 Å². The average Bonchev–Trinajstić information content (AvgIpc) is 2.87. The third-order valence-electron chi connectivity index (χ3n) is 2.87. The monoisotopic (exact) mass is 288 g/mol. The molecule has 0 radical (unpaired) electrons. The predicted octanol–water partition coefficient (Wildman–Crippen LogP) is 2.55. The van der Waals surface area contributed by atoms with E-state index in [0.717, 1.165) is 11.1 Å². The van der Waals surface area contributed by atoms with E-state index in [1.165, 1.54) is 6.20 Å². The van der Waals surface area contributed by atoms with Gasteiger partial charge in [-0.2, -0.15) is 0 Å². The number of carboxylic acids is 1. The lowest BCUT2D eigenvalue weighted by Gasteiger charge is -2.00. The first kappa shape index (κ1) is 14.8. The summed E-state index contributed by atoms with van der Waals surface area (Å²) in [5, 5.41) is 8.50. The summed E-state index contributed by atoms with van der Waals surface area (Å²) in [4.78, 5) is 28.9. The Bertz CT molecular complexity index is 631. The zero-order valence-corrected chi connectivity index (χ0v) is 11.6. The van der Waals surface area contributed by atoms with E-state index in [4.69, 9.17) is 9.84 Å². The summed E-state index contributed by atoms with van der Waals surface area (Å²) in [6, 6.07) is 7.78. The Morgan fingerprint density at radius 3 is 2.62 bits per heavy atom. The zero-order valence-electron chi connectivity index (χ0n) is 11.6. The molecule has 1 aromatic carbocycles. The number of hydrogen-bond acceptors (Lipinski definition) is 4. The van der Waals surface area contributed by atoms with Gasteiger partial charge < -0.3 is 14.8 Å². The summed E-state index contributed by atoms with van der Waals surface area (Å²) in [5.74, 6) is -0.532. The number of rotatable bonds is 6. The second kappa shape index (κ2) is 6.69. The second-order valence-corrected chi connectivity index (χ2v) is 4.68. The quantitative estimate of drug-likeness (QED) is 0.797. The summed E-state index contributed by atoms with van der Waals surface area (Å²) in [7, 11) is 0. The maximum Gasteiger partial charge on any atom is 0.312 e. The molecule has 0 saturated heterocycles. The number of aromatic amines is 1. The van der Waals surface area contributed by atoms with Crippen molar-refractivity contribution in [2.45, 2.75) is 26.2 Å². The summed E-state index contributed by atoms with van der Waals surface area (Å²) >= 11 is 0. The second-order valence-electron chi connectivity index (χ2n) is 4.68. The van der Waals surface area contributed by atoms with Crippen LogP contribution < -0.4 is 4.74 Å². The lowest BCUT2D eigenvalue weighted by Crippen LogP contribution is -2.08. The maximum atomic E-state index is 11.5. The molecule has 0 saturated carbocycles.